The Balaban J connectivity index is 1.69. The van der Waals surface area contributed by atoms with Crippen molar-refractivity contribution in [1.29, 1.82) is 0 Å². The van der Waals surface area contributed by atoms with Gasteiger partial charge < -0.3 is 10.1 Å². The minimum Gasteiger partial charge on any atom is -0.497 e. The number of nitrogens with zero attached hydrogens (tertiary/aromatic N) is 3. The smallest absolute Gasteiger partial charge is 0.270 e. The number of aromatic nitrogens is 3. The summed E-state index contributed by atoms with van der Waals surface area (Å²) < 4.78 is 13.4. The van der Waals surface area contributed by atoms with Gasteiger partial charge in [-0.1, -0.05) is 6.07 Å². The predicted molar refractivity (Wildman–Crippen MR) is 79.4 cm³/mol. The van der Waals surface area contributed by atoms with Crippen molar-refractivity contribution in [2.75, 3.05) is 7.11 Å². The second kappa shape index (κ2) is 5.84. The lowest BCUT2D eigenvalue weighted by atomic mass is 10.2. The van der Waals surface area contributed by atoms with Gasteiger partial charge in [0.25, 0.3) is 5.91 Å². The first-order chi connectivity index (χ1) is 10.3. The van der Waals surface area contributed by atoms with Crippen molar-refractivity contribution in [2.24, 2.45) is 0 Å². The maximum Gasteiger partial charge on any atom is 0.270 e. The number of nitrogens with one attached hydrogen (secondary N) is 1. The minimum atomic E-state index is -0.245. The number of ether oxygens (including phenoxy) is 1. The van der Waals surface area contributed by atoms with Gasteiger partial charge in [-0.15, -0.1) is 0 Å². The van der Waals surface area contributed by atoms with Crippen molar-refractivity contribution in [3.63, 3.8) is 0 Å². The third-order valence-corrected chi connectivity index (χ3v) is 3.53. The molecular formula is C14H12N4O2S. The Labute approximate surface area is 125 Å². The zero-order valence-electron chi connectivity index (χ0n) is 11.2. The zero-order chi connectivity index (χ0) is 14.7. The van der Waals surface area contributed by atoms with Gasteiger partial charge in [-0.3, -0.25) is 9.78 Å². The van der Waals surface area contributed by atoms with E-state index >= 15 is 0 Å². The van der Waals surface area contributed by atoms with Crippen LogP contribution in [-0.2, 0) is 6.54 Å². The Morgan fingerprint density at radius 2 is 2.10 bits per heavy atom. The Bertz CT molecular complexity index is 787. The highest BCUT2D eigenvalue weighted by atomic mass is 32.1. The number of amides is 1. The van der Waals surface area contributed by atoms with Crippen molar-refractivity contribution in [3.05, 3.63) is 47.8 Å². The standard InChI is InChI=1S/C14H12N4O2S/c1-20-10-4-5-15-13(7-10)14(19)16-8-9-2-3-11-12(6-9)18-21-17-11/h2-7H,8H2,1H3,(H,16,19). The number of hydrogen-bond acceptors (Lipinski definition) is 6. The van der Waals surface area contributed by atoms with Crippen LogP contribution in [0, 0.1) is 0 Å². The topological polar surface area (TPSA) is 77.0 Å². The summed E-state index contributed by atoms with van der Waals surface area (Å²) in [6.45, 7) is 0.408. The largest absolute Gasteiger partial charge is 0.497 e. The van der Waals surface area contributed by atoms with Gasteiger partial charge in [0.2, 0.25) is 0 Å². The van der Waals surface area contributed by atoms with Gasteiger partial charge in [0.15, 0.2) is 0 Å². The molecule has 0 aliphatic heterocycles. The molecule has 6 nitrogen and oxygen atoms in total. The fourth-order valence-electron chi connectivity index (χ4n) is 1.87. The first-order valence-corrected chi connectivity index (χ1v) is 6.99. The molecule has 0 aliphatic rings. The lowest BCUT2D eigenvalue weighted by Gasteiger charge is -2.06. The Morgan fingerprint density at radius 3 is 2.95 bits per heavy atom. The summed E-state index contributed by atoms with van der Waals surface area (Å²) in [5.41, 5.74) is 2.99. The summed E-state index contributed by atoms with van der Waals surface area (Å²) in [4.78, 5) is 16.1. The molecule has 0 aliphatic carbocycles. The molecule has 7 heteroatoms. The molecule has 21 heavy (non-hydrogen) atoms. The van der Waals surface area contributed by atoms with E-state index < -0.39 is 0 Å². The second-order valence-electron chi connectivity index (χ2n) is 4.35. The fraction of sp³-hybridized carbons (Fsp3) is 0.143. The van der Waals surface area contributed by atoms with Gasteiger partial charge in [-0.25, -0.2) is 0 Å². The average Bonchev–Trinajstić information content (AvgIpc) is 3.00. The molecule has 106 valence electrons. The highest BCUT2D eigenvalue weighted by molar-refractivity contribution is 7.00. The number of pyridine rings is 1. The summed E-state index contributed by atoms with van der Waals surface area (Å²) >= 11 is 1.18. The molecule has 3 aromatic rings. The molecule has 3 rings (SSSR count). The first-order valence-electron chi connectivity index (χ1n) is 6.26. The number of rotatable bonds is 4. The van der Waals surface area contributed by atoms with E-state index in [1.165, 1.54) is 11.7 Å². The Hall–Kier alpha value is -2.54. The third-order valence-electron chi connectivity index (χ3n) is 2.97. The van der Waals surface area contributed by atoms with E-state index in [0.29, 0.717) is 18.0 Å². The van der Waals surface area contributed by atoms with Gasteiger partial charge in [0, 0.05) is 18.8 Å². The quantitative estimate of drug-likeness (QED) is 0.797. The molecule has 0 saturated heterocycles. The summed E-state index contributed by atoms with van der Waals surface area (Å²) in [6.07, 6.45) is 1.54. The van der Waals surface area contributed by atoms with Crippen LogP contribution in [0.1, 0.15) is 16.1 Å². The molecule has 0 radical (unpaired) electrons. The van der Waals surface area contributed by atoms with E-state index in [2.05, 4.69) is 19.0 Å². The van der Waals surface area contributed by atoms with E-state index in [4.69, 9.17) is 4.74 Å². The number of hydrogen-bond donors (Lipinski definition) is 1. The molecule has 1 aromatic carbocycles. The number of fused-ring (bicyclic) bond motifs is 1. The van der Waals surface area contributed by atoms with E-state index in [0.717, 1.165) is 16.6 Å². The molecule has 0 fully saturated rings. The van der Waals surface area contributed by atoms with Crippen LogP contribution in [0.2, 0.25) is 0 Å². The highest BCUT2D eigenvalue weighted by Gasteiger charge is 2.08. The number of methoxy groups -OCH3 is 1. The van der Waals surface area contributed by atoms with E-state index in [1.807, 2.05) is 18.2 Å². The van der Waals surface area contributed by atoms with Gasteiger partial charge in [0.1, 0.15) is 22.5 Å². The van der Waals surface area contributed by atoms with Crippen molar-refractivity contribution >= 4 is 28.7 Å². The van der Waals surface area contributed by atoms with Crippen molar-refractivity contribution < 1.29 is 9.53 Å². The van der Waals surface area contributed by atoms with Crippen molar-refractivity contribution in [1.82, 2.24) is 19.0 Å². The average molecular weight is 300 g/mol. The van der Waals surface area contributed by atoms with Gasteiger partial charge in [-0.2, -0.15) is 8.75 Å². The van der Waals surface area contributed by atoms with Crippen LogP contribution in [0.25, 0.3) is 11.0 Å². The molecule has 0 unspecified atom stereocenters. The van der Waals surface area contributed by atoms with Crippen molar-refractivity contribution in [3.8, 4) is 5.75 Å². The molecule has 0 saturated carbocycles. The Morgan fingerprint density at radius 1 is 1.24 bits per heavy atom. The second-order valence-corrected chi connectivity index (χ2v) is 4.88. The number of carbonyl (C=O) groups excluding carboxylic acids is 1. The summed E-state index contributed by atoms with van der Waals surface area (Å²) in [7, 11) is 1.55. The zero-order valence-corrected chi connectivity index (χ0v) is 12.1. The van der Waals surface area contributed by atoms with Gasteiger partial charge >= 0.3 is 0 Å². The molecule has 1 N–H and O–H groups in total. The highest BCUT2D eigenvalue weighted by Crippen LogP contribution is 2.14. The van der Waals surface area contributed by atoms with E-state index in [-0.39, 0.29) is 5.91 Å². The fourth-order valence-corrected chi connectivity index (χ4v) is 2.39. The lowest BCUT2D eigenvalue weighted by molar-refractivity contribution is 0.0945. The van der Waals surface area contributed by atoms with E-state index in [1.54, 1.807) is 25.4 Å². The summed E-state index contributed by atoms with van der Waals surface area (Å²) in [6, 6.07) is 9.02. The molecule has 0 atom stereocenters. The van der Waals surface area contributed by atoms with Crippen LogP contribution in [0.5, 0.6) is 5.75 Å². The number of benzene rings is 1. The first kappa shape index (κ1) is 13.4. The van der Waals surface area contributed by atoms with Crippen LogP contribution in [0.4, 0.5) is 0 Å². The minimum absolute atomic E-state index is 0.245. The third kappa shape index (κ3) is 2.97. The van der Waals surface area contributed by atoms with Gasteiger partial charge in [0.05, 0.1) is 18.8 Å². The lowest BCUT2D eigenvalue weighted by Crippen LogP contribution is -2.23. The predicted octanol–water partition coefficient (Wildman–Crippen LogP) is 2.02. The molecule has 1 amide bonds. The monoisotopic (exact) mass is 300 g/mol. The Kier molecular flexibility index (Phi) is 3.74. The van der Waals surface area contributed by atoms with E-state index in [9.17, 15) is 4.79 Å². The van der Waals surface area contributed by atoms with Crippen molar-refractivity contribution in [2.45, 2.75) is 6.54 Å². The molecule has 0 bridgehead atoms. The van der Waals surface area contributed by atoms with Crippen LogP contribution in [-0.4, -0.2) is 26.7 Å². The van der Waals surface area contributed by atoms with Gasteiger partial charge in [-0.05, 0) is 23.8 Å². The van der Waals surface area contributed by atoms with Crippen LogP contribution in [0.3, 0.4) is 0 Å². The number of carbonyl (C=O) groups is 1. The van der Waals surface area contributed by atoms with Crippen LogP contribution in [0.15, 0.2) is 36.5 Å². The molecule has 2 heterocycles. The molecule has 2 aromatic heterocycles. The normalized spacial score (nSPS) is 10.5. The SMILES string of the molecule is COc1ccnc(C(=O)NCc2ccc3nsnc3c2)c1. The maximum atomic E-state index is 12.0. The summed E-state index contributed by atoms with van der Waals surface area (Å²) in [5.74, 6) is 0.357. The van der Waals surface area contributed by atoms with Crippen LogP contribution < -0.4 is 10.1 Å². The van der Waals surface area contributed by atoms with Crippen LogP contribution >= 0.6 is 11.7 Å². The molecular weight excluding hydrogens is 288 g/mol. The molecule has 0 spiro atoms. The maximum absolute atomic E-state index is 12.0. The summed E-state index contributed by atoms with van der Waals surface area (Å²) in [5, 5.41) is 2.82.